The monoisotopic (exact) mass is 633 g/mol. The van der Waals surface area contributed by atoms with E-state index in [1.54, 1.807) is 12.1 Å². The molecule has 45 heavy (non-hydrogen) atoms. The summed E-state index contributed by atoms with van der Waals surface area (Å²) in [5.41, 5.74) is 4.88. The molecule has 2 amide bonds. The van der Waals surface area contributed by atoms with Crippen molar-refractivity contribution in [3.63, 3.8) is 0 Å². The van der Waals surface area contributed by atoms with Crippen LogP contribution in [-0.4, -0.2) is 43.5 Å². The van der Waals surface area contributed by atoms with Gasteiger partial charge in [0.2, 0.25) is 0 Å². The first-order chi connectivity index (χ1) is 21.4. The second-order valence-electron chi connectivity index (χ2n) is 12.1. The molecule has 234 valence electrons. The third-order valence-electron chi connectivity index (χ3n) is 9.67. The second kappa shape index (κ2) is 11.2. The van der Waals surface area contributed by atoms with Crippen molar-refractivity contribution in [3.05, 3.63) is 78.1 Å². The van der Waals surface area contributed by atoms with E-state index in [1.807, 2.05) is 19.1 Å². The minimum absolute atomic E-state index is 0.0387. The third-order valence-corrected chi connectivity index (χ3v) is 9.93. The van der Waals surface area contributed by atoms with E-state index >= 15 is 0 Å². The number of benzene rings is 1. The number of hydrogen-bond acceptors (Lipinski definition) is 11. The predicted octanol–water partition coefficient (Wildman–Crippen LogP) is 2.32. The van der Waals surface area contributed by atoms with Gasteiger partial charge in [-0.3, -0.25) is 24.0 Å². The lowest BCUT2D eigenvalue weighted by atomic mass is 9.52. The summed E-state index contributed by atoms with van der Waals surface area (Å²) in [7, 11) is 0. The molecule has 2 heterocycles. The Kier molecular flexibility index (Phi) is 7.51. The number of nitrogens with one attached hydrogen (secondary N) is 3. The predicted molar refractivity (Wildman–Crippen MR) is 164 cm³/mol. The summed E-state index contributed by atoms with van der Waals surface area (Å²) in [6.45, 7) is 2.31. The zero-order valence-electron chi connectivity index (χ0n) is 24.3. The first-order valence-corrected chi connectivity index (χ1v) is 15.0. The van der Waals surface area contributed by atoms with Gasteiger partial charge in [0.25, 0.3) is 28.4 Å². The molecule has 2 bridgehead atoms. The largest absolute Gasteiger partial charge is 0.481 e. The standard InChI is InChI=1S/C30H31N7O7S/c1-15(29-5-8-30(9-6-29,10-7-29)26(42)43)34-25(41)19-12-18(35-27-36-44-28(45)37(19)27)24(40)33-14-17-4-2-3-16(11-17)13-32-21-20(31)22(38)23(21)39/h2-4,11-12,15,32H,5-10,13-14,31H2,1H3,(H,33,40)(H,34,41)(H,42,43). The number of nitrogen functional groups attached to an aromatic ring is 1. The van der Waals surface area contributed by atoms with E-state index in [9.17, 15) is 29.1 Å². The average molecular weight is 634 g/mol. The van der Waals surface area contributed by atoms with Gasteiger partial charge in [0.15, 0.2) is 0 Å². The van der Waals surface area contributed by atoms with Crippen LogP contribution in [0.3, 0.4) is 0 Å². The van der Waals surface area contributed by atoms with E-state index in [1.165, 1.54) is 10.5 Å². The number of carboxylic acids is 1. The molecule has 3 fully saturated rings. The van der Waals surface area contributed by atoms with E-state index in [4.69, 9.17) is 22.5 Å². The Morgan fingerprint density at radius 2 is 1.71 bits per heavy atom. The summed E-state index contributed by atoms with van der Waals surface area (Å²) in [5.74, 6) is -1.83. The van der Waals surface area contributed by atoms with Gasteiger partial charge >= 0.3 is 10.8 Å². The van der Waals surface area contributed by atoms with Crippen molar-refractivity contribution in [3.8, 4) is 0 Å². The number of carbonyl (C=O) groups is 3. The number of hydrogen-bond donors (Lipinski definition) is 5. The zero-order chi connectivity index (χ0) is 32.1. The number of rotatable bonds is 10. The molecule has 1 atom stereocenters. The van der Waals surface area contributed by atoms with Crippen LogP contribution in [0.2, 0.25) is 0 Å². The number of carboxylic acid groups (broad SMARTS) is 1. The molecule has 6 N–H and O–H groups in total. The summed E-state index contributed by atoms with van der Waals surface area (Å²) in [4.78, 5) is 65.8. The van der Waals surface area contributed by atoms with Crippen LogP contribution in [0, 0.1) is 15.7 Å². The highest BCUT2D eigenvalue weighted by molar-refractivity contribution is 7.71. The van der Waals surface area contributed by atoms with Crippen LogP contribution in [0.1, 0.15) is 77.6 Å². The van der Waals surface area contributed by atoms with Gasteiger partial charge in [-0.05, 0) is 85.4 Å². The Labute approximate surface area is 260 Å². The van der Waals surface area contributed by atoms with Crippen molar-refractivity contribution < 1.29 is 24.0 Å². The second-order valence-corrected chi connectivity index (χ2v) is 12.4. The number of carbonyl (C=O) groups excluding carboxylic acids is 2. The Bertz CT molecular complexity index is 1970. The van der Waals surface area contributed by atoms with Gasteiger partial charge in [-0.25, -0.2) is 9.38 Å². The Hall–Kier alpha value is -4.92. The zero-order valence-corrected chi connectivity index (χ0v) is 25.2. The average Bonchev–Trinajstić information content (AvgIpc) is 3.44. The first-order valence-electron chi connectivity index (χ1n) is 14.6. The van der Waals surface area contributed by atoms with Crippen LogP contribution in [0.5, 0.6) is 0 Å². The topological polar surface area (TPSA) is 211 Å². The van der Waals surface area contributed by atoms with Crippen LogP contribution in [0.4, 0.5) is 11.4 Å². The first kappa shape index (κ1) is 30.1. The van der Waals surface area contributed by atoms with E-state index in [0.717, 1.165) is 11.1 Å². The van der Waals surface area contributed by atoms with E-state index in [2.05, 4.69) is 26.1 Å². The summed E-state index contributed by atoms with van der Waals surface area (Å²) in [6.07, 6.45) is 3.84. The number of fused-ring (bicyclic) bond motifs is 4. The van der Waals surface area contributed by atoms with Gasteiger partial charge in [-0.15, -0.1) is 0 Å². The fraction of sp³-hybridized carbons (Fsp3) is 0.400. The minimum Gasteiger partial charge on any atom is -0.481 e. The third kappa shape index (κ3) is 5.26. The van der Waals surface area contributed by atoms with E-state index < -0.39 is 34.1 Å². The molecule has 2 aromatic heterocycles. The molecule has 3 saturated carbocycles. The van der Waals surface area contributed by atoms with Crippen LogP contribution in [-0.2, 0) is 17.9 Å². The summed E-state index contributed by atoms with van der Waals surface area (Å²) in [5, 5.41) is 22.3. The Morgan fingerprint density at radius 1 is 1.04 bits per heavy atom. The van der Waals surface area contributed by atoms with Crippen LogP contribution in [0.15, 0.2) is 44.4 Å². The molecule has 2 aromatic carbocycles. The summed E-state index contributed by atoms with van der Waals surface area (Å²) >= 11 is 5.23. The van der Waals surface area contributed by atoms with Crippen LogP contribution < -0.4 is 32.5 Å². The number of anilines is 2. The quantitative estimate of drug-likeness (QED) is 0.126. The van der Waals surface area contributed by atoms with Crippen molar-refractivity contribution in [1.82, 2.24) is 25.2 Å². The van der Waals surface area contributed by atoms with Crippen molar-refractivity contribution in [2.45, 2.75) is 64.6 Å². The number of aromatic nitrogens is 3. The summed E-state index contributed by atoms with van der Waals surface area (Å²) < 4.78 is 6.36. The molecule has 1 unspecified atom stereocenters. The van der Waals surface area contributed by atoms with Crippen molar-refractivity contribution >= 4 is 47.2 Å². The molecule has 0 saturated heterocycles. The highest BCUT2D eigenvalue weighted by Crippen LogP contribution is 2.58. The van der Waals surface area contributed by atoms with Crippen LogP contribution in [0.25, 0.3) is 5.78 Å². The molecule has 15 heteroatoms. The van der Waals surface area contributed by atoms with Gasteiger partial charge in [0.1, 0.15) is 22.8 Å². The van der Waals surface area contributed by atoms with Gasteiger partial charge in [-0.2, -0.15) is 0 Å². The van der Waals surface area contributed by atoms with Gasteiger partial charge in [0, 0.05) is 19.1 Å². The molecular weight excluding hydrogens is 602 g/mol. The maximum absolute atomic E-state index is 13.6. The van der Waals surface area contributed by atoms with E-state index in [0.29, 0.717) is 38.5 Å². The van der Waals surface area contributed by atoms with Gasteiger partial charge < -0.3 is 31.3 Å². The molecule has 14 nitrogen and oxygen atoms in total. The maximum atomic E-state index is 13.6. The van der Waals surface area contributed by atoms with Crippen molar-refractivity contribution in [1.29, 1.82) is 0 Å². The molecule has 0 spiro atoms. The highest BCUT2D eigenvalue weighted by Gasteiger charge is 2.54. The fourth-order valence-corrected chi connectivity index (χ4v) is 6.86. The van der Waals surface area contributed by atoms with Gasteiger partial charge in [-0.1, -0.05) is 24.3 Å². The molecular formula is C30H31N7O7S. The lowest BCUT2D eigenvalue weighted by Gasteiger charge is -2.54. The number of nitrogens with zero attached hydrogens (tertiary/aromatic N) is 3. The molecule has 0 aliphatic heterocycles. The smallest absolute Gasteiger partial charge is 0.309 e. The van der Waals surface area contributed by atoms with Crippen molar-refractivity contribution in [2.24, 2.45) is 10.8 Å². The van der Waals surface area contributed by atoms with Crippen molar-refractivity contribution in [2.75, 3.05) is 11.1 Å². The lowest BCUT2D eigenvalue weighted by Crippen LogP contribution is -2.54. The maximum Gasteiger partial charge on any atom is 0.309 e. The molecule has 3 aliphatic rings. The van der Waals surface area contributed by atoms with Crippen LogP contribution >= 0.6 is 12.2 Å². The molecule has 0 radical (unpaired) electrons. The fourth-order valence-electron chi connectivity index (χ4n) is 6.64. The lowest BCUT2D eigenvalue weighted by molar-refractivity contribution is -0.159. The minimum atomic E-state index is -0.743. The number of aliphatic carboxylic acids is 1. The normalized spacial score (nSPS) is 21.4. The van der Waals surface area contributed by atoms with E-state index in [-0.39, 0.29) is 57.9 Å². The molecule has 7 rings (SSSR count). The summed E-state index contributed by atoms with van der Waals surface area (Å²) in [6, 6.07) is 8.30. The molecule has 4 aromatic rings. The van der Waals surface area contributed by atoms with Gasteiger partial charge in [0.05, 0.1) is 5.41 Å². The number of nitrogens with two attached hydrogens (primary N) is 1. The Balaban J connectivity index is 1.15. The number of amides is 2. The Morgan fingerprint density at radius 3 is 2.36 bits per heavy atom. The SMILES string of the molecule is CC(NC(=O)c1cc(C(=O)NCc2cccc(CNc3c(N)c(=O)c3=O)c2)nc2noc(=S)n12)C12CCC(C(=O)O)(CC1)CC2. The molecule has 3 aliphatic carbocycles. The highest BCUT2D eigenvalue weighted by atomic mass is 32.1.